The van der Waals surface area contributed by atoms with Gasteiger partial charge in [0, 0.05) is 43.8 Å². The van der Waals surface area contributed by atoms with Gasteiger partial charge < -0.3 is 35.3 Å². The fraction of sp³-hybridized carbons (Fsp3) is 0.323. The second-order valence-electron chi connectivity index (χ2n) is 11.0. The molecule has 2 amide bonds. The molecule has 3 aromatic rings. The van der Waals surface area contributed by atoms with Gasteiger partial charge in [0.05, 0.1) is 29.6 Å². The summed E-state index contributed by atoms with van der Waals surface area (Å²) in [7, 11) is 1.57. The van der Waals surface area contributed by atoms with E-state index in [1.165, 1.54) is 6.20 Å². The highest BCUT2D eigenvalue weighted by atomic mass is 32.2. The van der Waals surface area contributed by atoms with E-state index in [4.69, 9.17) is 10.5 Å². The van der Waals surface area contributed by atoms with E-state index in [-0.39, 0.29) is 39.7 Å². The van der Waals surface area contributed by atoms with Crippen molar-refractivity contribution in [3.05, 3.63) is 75.3 Å². The maximum Gasteiger partial charge on any atom is 0.341 e. The lowest BCUT2D eigenvalue weighted by molar-refractivity contribution is -0.128. The van der Waals surface area contributed by atoms with Gasteiger partial charge in [-0.1, -0.05) is 23.9 Å². The Bertz CT molecular complexity index is 1810. The molecule has 1 saturated carbocycles. The summed E-state index contributed by atoms with van der Waals surface area (Å²) >= 11 is 1.09. The molecule has 0 radical (unpaired) electrons. The number of nitrogens with one attached hydrogen (secondary N) is 1. The number of hydrogen-bond acceptors (Lipinski definition) is 9. The zero-order chi connectivity index (χ0) is 31.8. The minimum atomic E-state index is -1.34. The van der Waals surface area contributed by atoms with E-state index in [0.29, 0.717) is 48.7 Å². The maximum atomic E-state index is 15.3. The zero-order valence-corrected chi connectivity index (χ0v) is 25.2. The largest absolute Gasteiger partial charge is 0.497 e. The monoisotopic (exact) mass is 634 g/mol. The molecular formula is C31H31FN6O6S. The number of carboxylic acid groups (broad SMARTS) is 1. The number of aromatic nitrogens is 1. The summed E-state index contributed by atoms with van der Waals surface area (Å²) in [6, 6.07) is 9.95. The predicted molar refractivity (Wildman–Crippen MR) is 169 cm³/mol. The van der Waals surface area contributed by atoms with E-state index in [0.717, 1.165) is 36.2 Å². The normalized spacial score (nSPS) is 19.4. The van der Waals surface area contributed by atoms with Crippen molar-refractivity contribution in [3.63, 3.8) is 0 Å². The van der Waals surface area contributed by atoms with Crippen LogP contribution in [-0.4, -0.2) is 82.7 Å². The summed E-state index contributed by atoms with van der Waals surface area (Å²) in [6.07, 6.45) is 3.83. The Labute approximate surface area is 261 Å². The number of nitrogens with zero attached hydrogens (tertiary/aromatic N) is 4. The van der Waals surface area contributed by atoms with Crippen LogP contribution in [0.4, 0.5) is 10.1 Å². The van der Waals surface area contributed by atoms with E-state index in [9.17, 15) is 24.3 Å². The van der Waals surface area contributed by atoms with Gasteiger partial charge in [-0.05, 0) is 48.7 Å². The Morgan fingerprint density at radius 1 is 1.16 bits per heavy atom. The van der Waals surface area contributed by atoms with Gasteiger partial charge in [0.15, 0.2) is 5.17 Å². The van der Waals surface area contributed by atoms with Crippen LogP contribution in [0.5, 0.6) is 5.75 Å². The number of thioether (sulfide) groups is 1. The standard InChI is InChI=1S/C31H31FN6O6S/c1-44-19-6-2-17(3-7-19)12-21-28(33)34-31(35-29(21)41)45-16-26(39)37-10-8-36(9-11-37)25-14-24-20(13-23(25)32)27(40)22(30(42)43)15-38(24)18-4-5-18/h2-3,6-7,12-15,18,28H,4-5,8-11,16,33H2,1H3,(H,42,43)(H,34,35,41)/b21-12+. The van der Waals surface area contributed by atoms with Crippen molar-refractivity contribution >= 4 is 57.4 Å². The lowest BCUT2D eigenvalue weighted by atomic mass is 10.1. The summed E-state index contributed by atoms with van der Waals surface area (Å²) < 4.78 is 22.2. The van der Waals surface area contributed by atoms with Crippen molar-refractivity contribution in [1.82, 2.24) is 14.8 Å². The Morgan fingerprint density at radius 2 is 1.87 bits per heavy atom. The van der Waals surface area contributed by atoms with Crippen LogP contribution in [0, 0.1) is 5.82 Å². The first kappa shape index (κ1) is 30.3. The van der Waals surface area contributed by atoms with E-state index in [1.54, 1.807) is 53.0 Å². The number of nitrogens with two attached hydrogens (primary N) is 1. The van der Waals surface area contributed by atoms with Crippen LogP contribution in [0.3, 0.4) is 0 Å². The molecule has 1 aromatic heterocycles. The second kappa shape index (κ2) is 12.4. The van der Waals surface area contributed by atoms with Crippen LogP contribution >= 0.6 is 11.8 Å². The first-order valence-corrected chi connectivity index (χ1v) is 15.4. The number of aromatic carboxylic acids is 1. The molecule has 3 heterocycles. The molecule has 1 atom stereocenters. The number of anilines is 1. The van der Waals surface area contributed by atoms with Crippen molar-refractivity contribution in [2.75, 3.05) is 43.9 Å². The number of carboxylic acids is 1. The maximum absolute atomic E-state index is 15.3. The number of carbonyl (C=O) groups excluding carboxylic acids is 2. The van der Waals surface area contributed by atoms with E-state index < -0.39 is 23.4 Å². The van der Waals surface area contributed by atoms with E-state index in [2.05, 4.69) is 10.3 Å². The highest BCUT2D eigenvalue weighted by Gasteiger charge is 2.30. The number of methoxy groups -OCH3 is 1. The molecule has 2 aliphatic heterocycles. The van der Waals surface area contributed by atoms with Crippen molar-refractivity contribution in [3.8, 4) is 5.75 Å². The molecule has 6 rings (SSSR count). The topological polar surface area (TPSA) is 160 Å². The van der Waals surface area contributed by atoms with E-state index >= 15 is 4.39 Å². The third-order valence-electron chi connectivity index (χ3n) is 8.07. The molecular weight excluding hydrogens is 603 g/mol. The van der Waals surface area contributed by atoms with Gasteiger partial charge in [-0.25, -0.2) is 14.2 Å². The number of halogens is 1. The molecule has 45 heavy (non-hydrogen) atoms. The SMILES string of the molecule is COc1ccc(/C=C2/C(=O)NC(SCC(=O)N3CCN(c4cc5c(cc4F)c(=O)c(C(=O)O)cn5C4CC4)CC3)=NC2N)cc1. The van der Waals surface area contributed by atoms with Crippen LogP contribution < -0.4 is 26.1 Å². The smallest absolute Gasteiger partial charge is 0.341 e. The van der Waals surface area contributed by atoms with Gasteiger partial charge in [0.25, 0.3) is 5.91 Å². The molecule has 0 spiro atoms. The fourth-order valence-electron chi connectivity index (χ4n) is 5.46. The van der Waals surface area contributed by atoms with Crippen molar-refractivity contribution in [2.24, 2.45) is 10.7 Å². The number of amidine groups is 1. The third kappa shape index (κ3) is 6.28. The Balaban J connectivity index is 1.08. The highest BCUT2D eigenvalue weighted by Crippen LogP contribution is 2.38. The molecule has 1 aliphatic carbocycles. The van der Waals surface area contributed by atoms with Gasteiger partial charge in [0.1, 0.15) is 23.3 Å². The lowest BCUT2D eigenvalue weighted by Crippen LogP contribution is -2.50. The van der Waals surface area contributed by atoms with Gasteiger partial charge >= 0.3 is 5.97 Å². The van der Waals surface area contributed by atoms with E-state index in [1.807, 2.05) is 4.90 Å². The summed E-state index contributed by atoms with van der Waals surface area (Å²) in [5.74, 6) is -1.79. The van der Waals surface area contributed by atoms with Crippen molar-refractivity contribution in [1.29, 1.82) is 0 Å². The fourth-order valence-corrected chi connectivity index (χ4v) is 6.26. The molecule has 234 valence electrons. The number of pyridine rings is 1. The first-order valence-electron chi connectivity index (χ1n) is 14.4. The van der Waals surface area contributed by atoms with Crippen molar-refractivity contribution < 1.29 is 28.6 Å². The quantitative estimate of drug-likeness (QED) is 0.332. The molecule has 1 saturated heterocycles. The highest BCUT2D eigenvalue weighted by molar-refractivity contribution is 8.14. The first-order chi connectivity index (χ1) is 21.6. The van der Waals surface area contributed by atoms with Gasteiger partial charge in [0.2, 0.25) is 11.3 Å². The molecule has 2 fully saturated rings. The Hall–Kier alpha value is -4.69. The minimum Gasteiger partial charge on any atom is -0.497 e. The number of amides is 2. The number of rotatable bonds is 7. The number of hydrogen-bond donors (Lipinski definition) is 3. The summed E-state index contributed by atoms with van der Waals surface area (Å²) in [4.78, 5) is 58.0. The lowest BCUT2D eigenvalue weighted by Gasteiger charge is -2.36. The van der Waals surface area contributed by atoms with Crippen LogP contribution in [0.2, 0.25) is 0 Å². The van der Waals surface area contributed by atoms with Crippen LogP contribution in [-0.2, 0) is 9.59 Å². The number of ether oxygens (including phenoxy) is 1. The van der Waals surface area contributed by atoms with Gasteiger partial charge in [-0.15, -0.1) is 0 Å². The molecule has 1 unspecified atom stereocenters. The Morgan fingerprint density at radius 3 is 2.49 bits per heavy atom. The molecule has 12 nitrogen and oxygen atoms in total. The molecule has 3 aliphatic rings. The average Bonchev–Trinajstić information content (AvgIpc) is 3.88. The van der Waals surface area contributed by atoms with Crippen LogP contribution in [0.1, 0.15) is 34.8 Å². The number of piperazine rings is 1. The molecule has 2 aromatic carbocycles. The molecule has 0 bridgehead atoms. The summed E-state index contributed by atoms with van der Waals surface area (Å²) in [5.41, 5.74) is 6.93. The number of fused-ring (bicyclic) bond motifs is 1. The van der Waals surface area contributed by atoms with Crippen LogP contribution in [0.25, 0.3) is 17.0 Å². The second-order valence-corrected chi connectivity index (χ2v) is 12.0. The predicted octanol–water partition coefficient (Wildman–Crippen LogP) is 2.42. The van der Waals surface area contributed by atoms with Crippen LogP contribution in [0.15, 0.2) is 58.0 Å². The number of carbonyl (C=O) groups is 3. The van der Waals surface area contributed by atoms with Gasteiger partial charge in [-0.3, -0.25) is 14.4 Å². The van der Waals surface area contributed by atoms with Gasteiger partial charge in [-0.2, -0.15) is 0 Å². The molecule has 14 heteroatoms. The third-order valence-corrected chi connectivity index (χ3v) is 8.94. The minimum absolute atomic E-state index is 0.0350. The average molecular weight is 635 g/mol. The number of benzene rings is 2. The molecule has 4 N–H and O–H groups in total. The zero-order valence-electron chi connectivity index (χ0n) is 24.4. The van der Waals surface area contributed by atoms with Crippen molar-refractivity contribution in [2.45, 2.75) is 25.0 Å². The number of aliphatic imine (C=N–C) groups is 1. The Kier molecular flexibility index (Phi) is 8.34. The summed E-state index contributed by atoms with van der Waals surface area (Å²) in [6.45, 7) is 1.41. The summed E-state index contributed by atoms with van der Waals surface area (Å²) in [5, 5.41) is 12.5.